The molecule has 0 bridgehead atoms. The van der Waals surface area contributed by atoms with E-state index >= 15 is 0 Å². The number of benzene rings is 1. The second-order valence-corrected chi connectivity index (χ2v) is 5.82. The molecule has 0 atom stereocenters. The fourth-order valence-corrected chi connectivity index (χ4v) is 2.61. The molecule has 0 fully saturated rings. The number of carbonyl (C=O) groups is 1. The van der Waals surface area contributed by atoms with E-state index in [-0.39, 0.29) is 5.91 Å². The Bertz CT molecular complexity index is 676. The molecule has 0 saturated heterocycles. The molecule has 1 amide bonds. The molecule has 0 aliphatic carbocycles. The predicted octanol–water partition coefficient (Wildman–Crippen LogP) is 3.66. The number of hydrogen-bond donors (Lipinski definition) is 2. The molecule has 2 rings (SSSR count). The highest BCUT2D eigenvalue weighted by atomic mass is 16.1. The molecule has 112 valence electrons. The van der Waals surface area contributed by atoms with E-state index in [4.69, 9.17) is 0 Å². The van der Waals surface area contributed by atoms with Crippen molar-refractivity contribution in [1.29, 1.82) is 0 Å². The SMILES string of the molecule is CC(=O)NCCc1c[nH]c2c(CC=C(C)C)ccc(C)c12. The Morgan fingerprint density at radius 1 is 1.24 bits per heavy atom. The summed E-state index contributed by atoms with van der Waals surface area (Å²) in [5, 5.41) is 4.17. The van der Waals surface area contributed by atoms with Gasteiger partial charge in [0.15, 0.2) is 0 Å². The molecule has 1 aromatic carbocycles. The Kier molecular flexibility index (Phi) is 4.84. The van der Waals surface area contributed by atoms with Crippen LogP contribution >= 0.6 is 0 Å². The van der Waals surface area contributed by atoms with E-state index in [1.165, 1.54) is 33.2 Å². The molecule has 2 N–H and O–H groups in total. The van der Waals surface area contributed by atoms with E-state index in [2.05, 4.69) is 55.5 Å². The predicted molar refractivity (Wildman–Crippen MR) is 88.6 cm³/mol. The number of amides is 1. The normalized spacial score (nSPS) is 10.7. The van der Waals surface area contributed by atoms with Gasteiger partial charge in [-0.15, -0.1) is 0 Å². The second-order valence-electron chi connectivity index (χ2n) is 5.82. The van der Waals surface area contributed by atoms with Crippen molar-refractivity contribution in [2.24, 2.45) is 0 Å². The Balaban J connectivity index is 2.31. The van der Waals surface area contributed by atoms with Gasteiger partial charge in [-0.3, -0.25) is 4.79 Å². The molecular weight excluding hydrogens is 260 g/mol. The summed E-state index contributed by atoms with van der Waals surface area (Å²) in [6.07, 6.45) is 6.13. The average molecular weight is 284 g/mol. The molecule has 0 aliphatic rings. The minimum Gasteiger partial charge on any atom is -0.361 e. The van der Waals surface area contributed by atoms with E-state index < -0.39 is 0 Å². The second kappa shape index (κ2) is 6.61. The summed E-state index contributed by atoms with van der Waals surface area (Å²) < 4.78 is 0. The van der Waals surface area contributed by atoms with E-state index in [0.717, 1.165) is 12.8 Å². The van der Waals surface area contributed by atoms with Crippen LogP contribution in [-0.4, -0.2) is 17.4 Å². The highest BCUT2D eigenvalue weighted by Gasteiger charge is 2.09. The first-order chi connectivity index (χ1) is 9.99. The Labute approximate surface area is 126 Å². The van der Waals surface area contributed by atoms with Gasteiger partial charge in [0.25, 0.3) is 0 Å². The van der Waals surface area contributed by atoms with Crippen LogP contribution in [0, 0.1) is 6.92 Å². The zero-order chi connectivity index (χ0) is 15.4. The molecule has 0 unspecified atom stereocenters. The monoisotopic (exact) mass is 284 g/mol. The lowest BCUT2D eigenvalue weighted by atomic mass is 10.00. The van der Waals surface area contributed by atoms with Crippen molar-refractivity contribution in [1.82, 2.24) is 10.3 Å². The van der Waals surface area contributed by atoms with Crippen molar-refractivity contribution >= 4 is 16.8 Å². The number of aryl methyl sites for hydroxylation is 1. The molecule has 3 heteroatoms. The Hall–Kier alpha value is -2.03. The van der Waals surface area contributed by atoms with Crippen molar-refractivity contribution in [3.05, 3.63) is 46.7 Å². The standard InChI is InChI=1S/C18H24N2O/c1-12(2)5-7-15-8-6-13(3)17-16(11-20-18(15)17)9-10-19-14(4)21/h5-6,8,11,20H,7,9-10H2,1-4H3,(H,19,21). The number of aromatic amines is 1. The molecule has 2 aromatic rings. The van der Waals surface area contributed by atoms with Crippen molar-refractivity contribution in [3.63, 3.8) is 0 Å². The fourth-order valence-electron chi connectivity index (χ4n) is 2.61. The van der Waals surface area contributed by atoms with Gasteiger partial charge in [0.1, 0.15) is 0 Å². The Morgan fingerprint density at radius 3 is 2.67 bits per heavy atom. The first kappa shape index (κ1) is 15.4. The number of carbonyl (C=O) groups excluding carboxylic acids is 1. The van der Waals surface area contributed by atoms with Gasteiger partial charge < -0.3 is 10.3 Å². The van der Waals surface area contributed by atoms with Crippen LogP contribution in [0.5, 0.6) is 0 Å². The first-order valence-corrected chi connectivity index (χ1v) is 7.45. The summed E-state index contributed by atoms with van der Waals surface area (Å²) in [7, 11) is 0. The topological polar surface area (TPSA) is 44.9 Å². The molecule has 1 heterocycles. The van der Waals surface area contributed by atoms with Gasteiger partial charge in [-0.2, -0.15) is 0 Å². The van der Waals surface area contributed by atoms with E-state index in [9.17, 15) is 4.79 Å². The molecule has 0 radical (unpaired) electrons. The summed E-state index contributed by atoms with van der Waals surface area (Å²) in [6, 6.07) is 4.39. The molecule has 0 aliphatic heterocycles. The van der Waals surface area contributed by atoms with E-state index in [1.54, 1.807) is 6.92 Å². The van der Waals surface area contributed by atoms with Crippen molar-refractivity contribution < 1.29 is 4.79 Å². The van der Waals surface area contributed by atoms with Gasteiger partial charge in [0, 0.05) is 30.6 Å². The van der Waals surface area contributed by atoms with Gasteiger partial charge in [-0.05, 0) is 50.3 Å². The van der Waals surface area contributed by atoms with Crippen LogP contribution in [0.1, 0.15) is 37.5 Å². The van der Waals surface area contributed by atoms with Crippen LogP contribution in [0.25, 0.3) is 10.9 Å². The molecule has 3 nitrogen and oxygen atoms in total. The van der Waals surface area contributed by atoms with E-state index in [1.807, 2.05) is 0 Å². The quantitative estimate of drug-likeness (QED) is 0.809. The smallest absolute Gasteiger partial charge is 0.216 e. The highest BCUT2D eigenvalue weighted by molar-refractivity contribution is 5.89. The zero-order valence-electron chi connectivity index (χ0n) is 13.3. The van der Waals surface area contributed by atoms with Crippen molar-refractivity contribution in [2.75, 3.05) is 6.54 Å². The van der Waals surface area contributed by atoms with Crippen LogP contribution in [0.15, 0.2) is 30.0 Å². The number of hydrogen-bond acceptors (Lipinski definition) is 1. The van der Waals surface area contributed by atoms with Crippen LogP contribution in [0.2, 0.25) is 0 Å². The van der Waals surface area contributed by atoms with Gasteiger partial charge >= 0.3 is 0 Å². The lowest BCUT2D eigenvalue weighted by Gasteiger charge is -2.06. The zero-order valence-corrected chi connectivity index (χ0v) is 13.3. The summed E-state index contributed by atoms with van der Waals surface area (Å²) in [6.45, 7) is 8.62. The van der Waals surface area contributed by atoms with E-state index in [0.29, 0.717) is 6.54 Å². The number of rotatable bonds is 5. The molecule has 1 aromatic heterocycles. The van der Waals surface area contributed by atoms with Gasteiger partial charge in [-0.25, -0.2) is 0 Å². The molecule has 0 saturated carbocycles. The number of aromatic nitrogens is 1. The van der Waals surface area contributed by atoms with Crippen molar-refractivity contribution in [2.45, 2.75) is 40.5 Å². The molecular formula is C18H24N2O. The third-order valence-electron chi connectivity index (χ3n) is 3.71. The fraction of sp³-hybridized carbons (Fsp3) is 0.389. The van der Waals surface area contributed by atoms with Crippen molar-refractivity contribution in [3.8, 4) is 0 Å². The number of nitrogens with one attached hydrogen (secondary N) is 2. The highest BCUT2D eigenvalue weighted by Crippen LogP contribution is 2.26. The Morgan fingerprint density at radius 2 is 2.00 bits per heavy atom. The van der Waals surface area contributed by atoms with Gasteiger partial charge in [-0.1, -0.05) is 23.8 Å². The largest absolute Gasteiger partial charge is 0.361 e. The lowest BCUT2D eigenvalue weighted by molar-refractivity contribution is -0.118. The third kappa shape index (κ3) is 3.75. The number of fused-ring (bicyclic) bond motifs is 1. The minimum absolute atomic E-state index is 0.0239. The van der Waals surface area contributed by atoms with Gasteiger partial charge in [0.05, 0.1) is 0 Å². The summed E-state index contributed by atoms with van der Waals surface area (Å²) >= 11 is 0. The number of H-pyrrole nitrogens is 1. The minimum atomic E-state index is 0.0239. The average Bonchev–Trinajstić information content (AvgIpc) is 2.82. The lowest BCUT2D eigenvalue weighted by Crippen LogP contribution is -2.22. The maximum atomic E-state index is 11.0. The van der Waals surface area contributed by atoms with Gasteiger partial charge in [0.2, 0.25) is 5.91 Å². The third-order valence-corrected chi connectivity index (χ3v) is 3.71. The van der Waals surface area contributed by atoms with Crippen LogP contribution in [-0.2, 0) is 17.6 Å². The number of allylic oxidation sites excluding steroid dienone is 2. The van der Waals surface area contributed by atoms with Crippen LogP contribution < -0.4 is 5.32 Å². The maximum Gasteiger partial charge on any atom is 0.216 e. The first-order valence-electron chi connectivity index (χ1n) is 7.45. The maximum absolute atomic E-state index is 11.0. The summed E-state index contributed by atoms with van der Waals surface area (Å²) in [5.74, 6) is 0.0239. The van der Waals surface area contributed by atoms with Crippen LogP contribution in [0.4, 0.5) is 0 Å². The van der Waals surface area contributed by atoms with Crippen LogP contribution in [0.3, 0.4) is 0 Å². The molecule has 21 heavy (non-hydrogen) atoms. The summed E-state index contributed by atoms with van der Waals surface area (Å²) in [4.78, 5) is 14.4. The molecule has 0 spiro atoms. The summed E-state index contributed by atoms with van der Waals surface area (Å²) in [5.41, 5.74) is 6.44.